The molecule has 0 saturated carbocycles. The number of rotatable bonds is 4. The summed E-state index contributed by atoms with van der Waals surface area (Å²) in [5.41, 5.74) is 3.81. The Morgan fingerprint density at radius 3 is 2.53 bits per heavy atom. The van der Waals surface area contributed by atoms with Gasteiger partial charge in [-0.1, -0.05) is 12.1 Å². The molecule has 1 saturated heterocycles. The van der Waals surface area contributed by atoms with Crippen molar-refractivity contribution >= 4 is 9.84 Å². The quantitative estimate of drug-likeness (QED) is 0.637. The van der Waals surface area contributed by atoms with E-state index < -0.39 is 9.84 Å². The molecule has 0 spiro atoms. The monoisotopic (exact) mass is 284 g/mol. The Labute approximate surface area is 114 Å². The highest BCUT2D eigenvalue weighted by molar-refractivity contribution is 7.90. The maximum Gasteiger partial charge on any atom is 0.175 e. The summed E-state index contributed by atoms with van der Waals surface area (Å²) in [5.74, 6) is 5.96. The van der Waals surface area contributed by atoms with Crippen LogP contribution < -0.4 is 11.3 Å². The molecular formula is C13H20N2O3S. The van der Waals surface area contributed by atoms with Crippen LogP contribution in [0.2, 0.25) is 0 Å². The minimum Gasteiger partial charge on any atom is -0.381 e. The fourth-order valence-electron chi connectivity index (χ4n) is 2.46. The highest BCUT2D eigenvalue weighted by Crippen LogP contribution is 2.28. The molecule has 1 aliphatic rings. The van der Waals surface area contributed by atoms with Crippen LogP contribution in [0, 0.1) is 5.92 Å². The molecule has 1 aliphatic heterocycles. The van der Waals surface area contributed by atoms with Gasteiger partial charge in [-0.05, 0) is 30.5 Å². The third kappa shape index (κ3) is 3.54. The van der Waals surface area contributed by atoms with Crippen molar-refractivity contribution in [2.45, 2.75) is 23.8 Å². The number of hydrogen-bond donors (Lipinski definition) is 2. The molecule has 6 heteroatoms. The molecule has 0 amide bonds. The van der Waals surface area contributed by atoms with Crippen LogP contribution in [0.3, 0.4) is 0 Å². The zero-order chi connectivity index (χ0) is 13.9. The number of sulfone groups is 1. The molecule has 0 bridgehead atoms. The lowest BCUT2D eigenvalue weighted by Crippen LogP contribution is -2.37. The number of nitrogens with two attached hydrogens (primary N) is 1. The average molecular weight is 284 g/mol. The Morgan fingerprint density at radius 2 is 2.05 bits per heavy atom. The summed E-state index contributed by atoms with van der Waals surface area (Å²) in [6.07, 6.45) is 3.29. The van der Waals surface area contributed by atoms with Crippen molar-refractivity contribution in [1.29, 1.82) is 0 Å². The van der Waals surface area contributed by atoms with Crippen molar-refractivity contribution in [3.8, 4) is 0 Å². The Balaban J connectivity index is 2.19. The Hall–Kier alpha value is -0.950. The van der Waals surface area contributed by atoms with E-state index in [0.29, 0.717) is 17.4 Å². The van der Waals surface area contributed by atoms with Crippen LogP contribution in [0.1, 0.15) is 24.4 Å². The number of benzene rings is 1. The van der Waals surface area contributed by atoms with Crippen LogP contribution in [-0.4, -0.2) is 27.9 Å². The number of nitrogens with one attached hydrogen (secondary N) is 1. The van der Waals surface area contributed by atoms with E-state index in [2.05, 4.69) is 5.43 Å². The number of hydrazine groups is 1. The van der Waals surface area contributed by atoms with E-state index in [9.17, 15) is 8.42 Å². The van der Waals surface area contributed by atoms with Gasteiger partial charge in [-0.25, -0.2) is 8.42 Å². The van der Waals surface area contributed by atoms with Crippen molar-refractivity contribution in [1.82, 2.24) is 5.43 Å². The average Bonchev–Trinajstić information content (AvgIpc) is 2.40. The van der Waals surface area contributed by atoms with Crippen LogP contribution >= 0.6 is 0 Å². The lowest BCUT2D eigenvalue weighted by atomic mass is 9.89. The molecule has 19 heavy (non-hydrogen) atoms. The zero-order valence-electron chi connectivity index (χ0n) is 11.0. The predicted molar refractivity (Wildman–Crippen MR) is 73.2 cm³/mol. The topological polar surface area (TPSA) is 81.4 Å². The first-order valence-corrected chi connectivity index (χ1v) is 8.25. The second kappa shape index (κ2) is 6.00. The highest BCUT2D eigenvalue weighted by atomic mass is 32.2. The van der Waals surface area contributed by atoms with Gasteiger partial charge in [0.25, 0.3) is 0 Å². The fourth-order valence-corrected chi connectivity index (χ4v) is 3.09. The third-order valence-corrected chi connectivity index (χ3v) is 4.64. The Kier molecular flexibility index (Phi) is 4.57. The third-order valence-electron chi connectivity index (χ3n) is 3.51. The smallest absolute Gasteiger partial charge is 0.175 e. The van der Waals surface area contributed by atoms with Gasteiger partial charge in [0.15, 0.2) is 9.84 Å². The summed E-state index contributed by atoms with van der Waals surface area (Å²) in [7, 11) is -3.15. The minimum absolute atomic E-state index is 0.00564. The fraction of sp³-hybridized carbons (Fsp3) is 0.538. The first-order valence-electron chi connectivity index (χ1n) is 6.36. The molecule has 2 unspecified atom stereocenters. The first-order chi connectivity index (χ1) is 9.02. The predicted octanol–water partition coefficient (Wildman–Crippen LogP) is 1.02. The van der Waals surface area contributed by atoms with Crippen molar-refractivity contribution in [3.05, 3.63) is 29.8 Å². The summed E-state index contributed by atoms with van der Waals surface area (Å²) in [5, 5.41) is 0. The number of hydrogen-bond acceptors (Lipinski definition) is 5. The second-order valence-corrected chi connectivity index (χ2v) is 6.98. The molecule has 106 valence electrons. The Morgan fingerprint density at radius 1 is 1.37 bits per heavy atom. The van der Waals surface area contributed by atoms with E-state index in [0.717, 1.165) is 25.0 Å². The highest BCUT2D eigenvalue weighted by Gasteiger charge is 2.24. The second-order valence-electron chi connectivity index (χ2n) is 4.96. The summed E-state index contributed by atoms with van der Waals surface area (Å²) in [4.78, 5) is 0.326. The van der Waals surface area contributed by atoms with E-state index in [1.807, 2.05) is 12.1 Å². The van der Waals surface area contributed by atoms with Gasteiger partial charge in [0.05, 0.1) is 17.5 Å². The Bertz CT molecular complexity index is 507. The summed E-state index contributed by atoms with van der Waals surface area (Å²) >= 11 is 0. The van der Waals surface area contributed by atoms with E-state index in [1.165, 1.54) is 6.26 Å². The molecule has 2 rings (SSSR count). The normalized spacial score (nSPS) is 22.1. The van der Waals surface area contributed by atoms with E-state index in [-0.39, 0.29) is 6.04 Å². The summed E-state index contributed by atoms with van der Waals surface area (Å²) in [6.45, 7) is 1.49. The molecule has 1 heterocycles. The standard InChI is InChI=1S/C13H20N2O3S/c1-19(16,17)12-6-4-10(5-7-12)13(15-14)11-3-2-8-18-9-11/h4-7,11,13,15H,2-3,8-9,14H2,1H3. The van der Waals surface area contributed by atoms with Crippen molar-refractivity contribution in [3.63, 3.8) is 0 Å². The van der Waals surface area contributed by atoms with Gasteiger partial charge < -0.3 is 4.74 Å². The molecule has 2 atom stereocenters. The van der Waals surface area contributed by atoms with Gasteiger partial charge in [-0.3, -0.25) is 11.3 Å². The minimum atomic E-state index is -3.15. The van der Waals surface area contributed by atoms with Crippen molar-refractivity contribution in [2.24, 2.45) is 11.8 Å². The van der Waals surface area contributed by atoms with Gasteiger partial charge in [0, 0.05) is 18.8 Å². The maximum atomic E-state index is 11.4. The van der Waals surface area contributed by atoms with Crippen molar-refractivity contribution < 1.29 is 13.2 Å². The number of ether oxygens (including phenoxy) is 1. The van der Waals surface area contributed by atoms with Crippen LogP contribution in [0.25, 0.3) is 0 Å². The lowest BCUT2D eigenvalue weighted by Gasteiger charge is -2.30. The SMILES string of the molecule is CS(=O)(=O)c1ccc(C(NN)C2CCCOC2)cc1. The van der Waals surface area contributed by atoms with E-state index in [1.54, 1.807) is 12.1 Å². The summed E-state index contributed by atoms with van der Waals surface area (Å²) < 4.78 is 28.3. The molecule has 1 aromatic rings. The van der Waals surface area contributed by atoms with Gasteiger partial charge in [0.2, 0.25) is 0 Å². The molecule has 1 fully saturated rings. The molecule has 0 radical (unpaired) electrons. The molecule has 5 nitrogen and oxygen atoms in total. The molecule has 1 aromatic carbocycles. The first kappa shape index (κ1) is 14.5. The van der Waals surface area contributed by atoms with Gasteiger partial charge >= 0.3 is 0 Å². The zero-order valence-corrected chi connectivity index (χ0v) is 11.8. The largest absolute Gasteiger partial charge is 0.381 e. The lowest BCUT2D eigenvalue weighted by molar-refractivity contribution is 0.0390. The molecule has 3 N–H and O–H groups in total. The maximum absolute atomic E-state index is 11.4. The van der Waals surface area contributed by atoms with E-state index in [4.69, 9.17) is 10.6 Å². The van der Waals surface area contributed by atoms with Crippen LogP contribution in [0.15, 0.2) is 29.2 Å². The molecular weight excluding hydrogens is 264 g/mol. The van der Waals surface area contributed by atoms with Crippen LogP contribution in [0.5, 0.6) is 0 Å². The van der Waals surface area contributed by atoms with Crippen molar-refractivity contribution in [2.75, 3.05) is 19.5 Å². The van der Waals surface area contributed by atoms with E-state index >= 15 is 0 Å². The summed E-state index contributed by atoms with van der Waals surface area (Å²) in [6, 6.07) is 6.87. The van der Waals surface area contributed by atoms with Gasteiger partial charge in [-0.2, -0.15) is 0 Å². The van der Waals surface area contributed by atoms with Crippen LogP contribution in [-0.2, 0) is 14.6 Å². The van der Waals surface area contributed by atoms with Gasteiger partial charge in [0.1, 0.15) is 0 Å². The van der Waals surface area contributed by atoms with Gasteiger partial charge in [-0.15, -0.1) is 0 Å². The van der Waals surface area contributed by atoms with Crippen LogP contribution in [0.4, 0.5) is 0 Å². The molecule has 0 aromatic heterocycles. The molecule has 0 aliphatic carbocycles.